The Bertz CT molecular complexity index is 3990. The number of fused-ring (bicyclic) bond motifs is 2. The van der Waals surface area contributed by atoms with Crippen molar-refractivity contribution in [3.05, 3.63) is 60.4 Å². The van der Waals surface area contributed by atoms with E-state index in [1.807, 2.05) is 0 Å². The van der Waals surface area contributed by atoms with Gasteiger partial charge in [-0.25, -0.2) is 55.2 Å². The Labute approximate surface area is 624 Å². The summed E-state index contributed by atoms with van der Waals surface area (Å²) in [5.41, 5.74) is -1.68. The number of carbonyl (C=O) groups excluding carboxylic acids is 2. The van der Waals surface area contributed by atoms with Gasteiger partial charge in [-0.1, -0.05) is 21.8 Å². The summed E-state index contributed by atoms with van der Waals surface area (Å²) in [5.74, 6) is -2.16. The van der Waals surface area contributed by atoms with Crippen LogP contribution in [0.25, 0.3) is 45.1 Å². The molecule has 0 saturated carbocycles. The molecule has 6 rings (SSSR count). The highest BCUT2D eigenvalue weighted by Gasteiger charge is 2.39. The van der Waals surface area contributed by atoms with Gasteiger partial charge < -0.3 is 18.9 Å². The summed E-state index contributed by atoms with van der Waals surface area (Å²) >= 11 is 1.32. The van der Waals surface area contributed by atoms with Crippen LogP contribution in [0.3, 0.4) is 0 Å². The molecule has 0 aliphatic carbocycles. The fraction of sp³-hybridized carbons (Fsp3) is 0.368. The molecule has 0 aliphatic heterocycles. The molecular weight excluding hydrogens is 1930 g/mol. The van der Waals surface area contributed by atoms with Gasteiger partial charge in [0, 0.05) is 34.4 Å². The van der Waals surface area contributed by atoms with Gasteiger partial charge in [0.2, 0.25) is 11.8 Å². The number of aromatic nitrogens is 8. The zero-order valence-electron chi connectivity index (χ0n) is 52.2. The van der Waals surface area contributed by atoms with E-state index in [2.05, 4.69) is 182 Å². The Morgan fingerprint density at radius 3 is 1.11 bits per heavy atom. The van der Waals surface area contributed by atoms with Crippen LogP contribution in [0.15, 0.2) is 58.8 Å². The van der Waals surface area contributed by atoms with E-state index in [9.17, 15) is 61.2 Å². The molecular formula is C38H75F6N10O8P31S4. The fourth-order valence-corrected chi connectivity index (χ4v) is 347. The molecule has 6 aromatic rings. The highest BCUT2D eigenvalue weighted by atomic mass is 33.4. The number of nitrogens with zero attached hydrogens (tertiary/aromatic N) is 10. The lowest BCUT2D eigenvalue weighted by Gasteiger charge is -2.41. The summed E-state index contributed by atoms with van der Waals surface area (Å²) in [6.45, 7) is 4.50. The second kappa shape index (κ2) is 44.5. The summed E-state index contributed by atoms with van der Waals surface area (Å²) < 4.78 is 155. The van der Waals surface area contributed by atoms with Crippen LogP contribution in [0, 0.1) is 0 Å². The lowest BCUT2D eigenvalue weighted by atomic mass is 10.3. The van der Waals surface area contributed by atoms with E-state index in [1.54, 1.807) is 6.26 Å². The largest absolute Gasteiger partial charge is 0.433 e. The molecule has 20 unspecified atom stereocenters. The number of sulfone groups is 3. The zero-order chi connectivity index (χ0) is 74.7. The SMILES string of the molecule is CCS(=O)(=O)c1cc(N(C)C(=O)CS(C)(=O)=O)cnc1-c1nc2cc(C(F)(F)F)ncc2n1C.CCS(=O)(=O)c1cc(N(C)C(=O)CSC)cnc1-c1nc2cc(C(F)(F)F)ncc2n1C.PP(P)P(P(P)P)P(P(P)P)P(P)P.PPP(P(P)P)P(P(P)P)P(P(P)P)P(P)P. The van der Waals surface area contributed by atoms with Crippen molar-refractivity contribution in [2.45, 2.75) is 36.0 Å². The molecule has 6 heterocycles. The number of hydrogen-bond donors (Lipinski definition) is 0. The number of anilines is 2. The first kappa shape index (κ1) is 98.8. The summed E-state index contributed by atoms with van der Waals surface area (Å²) in [5, 5.41) is 0. The first-order valence-electron chi connectivity index (χ1n) is 25.7. The van der Waals surface area contributed by atoms with Crippen molar-refractivity contribution in [1.82, 2.24) is 39.0 Å². The predicted octanol–water partition coefficient (Wildman–Crippen LogP) is 22.3. The minimum absolute atomic E-state index is 0.00261. The molecule has 0 bridgehead atoms. The maximum atomic E-state index is 13.0. The Hall–Kier alpha value is 7.59. The molecule has 59 heteroatoms. The number of thioether (sulfide) groups is 1. The van der Waals surface area contributed by atoms with Crippen LogP contribution >= 0.6 is 262 Å². The van der Waals surface area contributed by atoms with Gasteiger partial charge in [-0.05, 0) is 121 Å². The van der Waals surface area contributed by atoms with E-state index < -0.39 is 64.9 Å². The molecule has 0 radical (unpaired) electrons. The minimum Gasteiger partial charge on any atom is -0.324 e. The molecule has 0 aliphatic rings. The lowest BCUT2D eigenvalue weighted by Crippen LogP contribution is -2.32. The second-order valence-electron chi connectivity index (χ2n) is 18.9. The van der Waals surface area contributed by atoms with Crippen molar-refractivity contribution in [2.24, 2.45) is 14.1 Å². The summed E-state index contributed by atoms with van der Waals surface area (Å²) in [7, 11) is 47.8. The maximum Gasteiger partial charge on any atom is 0.433 e. The molecule has 18 nitrogen and oxygen atoms in total. The molecule has 20 atom stereocenters. The normalized spacial score (nSPS) is 13.5. The van der Waals surface area contributed by atoms with Crippen molar-refractivity contribution in [1.29, 1.82) is 0 Å². The number of hydrogen-bond acceptors (Lipinski definition) is 15. The van der Waals surface area contributed by atoms with E-state index in [-0.39, 0.29) is 180 Å². The summed E-state index contributed by atoms with van der Waals surface area (Å²) in [6, 6.07) is 4.03. The maximum absolute atomic E-state index is 13.0. The average Bonchev–Trinajstić information content (AvgIpc) is 1.65. The van der Waals surface area contributed by atoms with E-state index in [1.165, 1.54) is 80.1 Å². The Balaban J connectivity index is 0.000000359. The van der Waals surface area contributed by atoms with Crippen molar-refractivity contribution < 1.29 is 61.2 Å². The van der Waals surface area contributed by atoms with Gasteiger partial charge in [-0.15, -0.1) is 152 Å². The first-order valence-corrected chi connectivity index (χ1v) is 87.3. The van der Waals surface area contributed by atoms with Gasteiger partial charge in [-0.3, -0.25) is 9.59 Å². The average molecular weight is 2000 g/mol. The Kier molecular flexibility index (Phi) is 45.3. The van der Waals surface area contributed by atoms with Gasteiger partial charge in [0.15, 0.2) is 41.2 Å². The van der Waals surface area contributed by atoms with Gasteiger partial charge in [0.25, 0.3) is 0 Å². The van der Waals surface area contributed by atoms with Crippen LogP contribution in [0.2, 0.25) is 0 Å². The van der Waals surface area contributed by atoms with Crippen LogP contribution in [-0.2, 0) is 65.5 Å². The molecule has 546 valence electrons. The van der Waals surface area contributed by atoms with Crippen molar-refractivity contribution in [3.8, 4) is 23.0 Å². The molecule has 0 aromatic carbocycles. The van der Waals surface area contributed by atoms with Crippen LogP contribution in [0.4, 0.5) is 37.7 Å². The molecule has 97 heavy (non-hydrogen) atoms. The third kappa shape index (κ3) is 29.1. The van der Waals surface area contributed by atoms with Crippen LogP contribution < -0.4 is 9.80 Å². The highest BCUT2D eigenvalue weighted by molar-refractivity contribution is 9.32. The smallest absolute Gasteiger partial charge is 0.324 e. The third-order valence-electron chi connectivity index (χ3n) is 12.1. The summed E-state index contributed by atoms with van der Waals surface area (Å²) in [4.78, 5) is 49.9. The van der Waals surface area contributed by atoms with Gasteiger partial charge in [0.1, 0.15) is 28.5 Å². The Morgan fingerprint density at radius 2 is 0.845 bits per heavy atom. The molecule has 6 aromatic heterocycles. The van der Waals surface area contributed by atoms with Crippen molar-refractivity contribution in [2.75, 3.05) is 59.4 Å². The minimum atomic E-state index is -4.69. The zero-order valence-corrected chi connectivity index (χ0v) is 87.7. The number of carbonyl (C=O) groups is 2. The van der Waals surface area contributed by atoms with Gasteiger partial charge in [0.05, 0.1) is 85.3 Å². The van der Waals surface area contributed by atoms with Gasteiger partial charge >= 0.3 is 12.4 Å². The van der Waals surface area contributed by atoms with Crippen molar-refractivity contribution in [3.63, 3.8) is 0 Å². The molecule has 0 fully saturated rings. The van der Waals surface area contributed by atoms with E-state index >= 15 is 0 Å². The number of alkyl halides is 6. The first-order chi connectivity index (χ1) is 44.5. The van der Waals surface area contributed by atoms with E-state index in [0.29, 0.717) is 0 Å². The topological polar surface area (TPSA) is 230 Å². The monoisotopic (exact) mass is 2000 g/mol. The van der Waals surface area contributed by atoms with E-state index in [4.69, 9.17) is 0 Å². The lowest BCUT2D eigenvalue weighted by molar-refractivity contribution is -0.141. The van der Waals surface area contributed by atoms with E-state index in [0.717, 1.165) is 55.9 Å². The molecule has 0 N–H and O–H groups in total. The Morgan fingerprint density at radius 1 is 0.526 bits per heavy atom. The third-order valence-corrected chi connectivity index (χ3v) is 198. The van der Waals surface area contributed by atoms with Crippen LogP contribution in [-0.4, -0.2) is 126 Å². The number of aryl methyl sites for hydroxylation is 2. The van der Waals surface area contributed by atoms with Crippen LogP contribution in [0.5, 0.6) is 0 Å². The molecule has 0 spiro atoms. The summed E-state index contributed by atoms with van der Waals surface area (Å²) in [6.07, 6.45) is -2.17. The quantitative estimate of drug-likeness (QED) is 0.0405. The molecule has 0 saturated heterocycles. The number of rotatable bonds is 24. The predicted molar refractivity (Wildman–Crippen MR) is 497 cm³/mol. The molecule has 2 amide bonds. The number of amides is 2. The second-order valence-corrected chi connectivity index (χ2v) is 144. The standard InChI is InChI=1S/C19H20F3N5O5S2.C19H20F3N5O3S2.H19P17.H16P14/c1-5-34(31,32)14-6-11(26(2)16(28)10-33(4,29)30)8-24-17(14)18-25-12-7-15(19(20,21)22)23-9-13(12)27(18)3;1-5-32(29,30)14-6-11(26(2)16(28)10-31-4)8-24-17(14)18-25-12-7-15(19(20,21)22)23-9-13(12)27(18)3;1-10-15(11(2)3)17(14(8)9)16(12(4)5)13(6)7;1-9(2)13(10(3)4)14(11(5)6)12(7)8/h6-9H,5,10H2,1-4H3;6-9H,5,10H2,1-4H3;10H,1-9H2;1-8H2. The van der Waals surface area contributed by atoms with Crippen LogP contribution in [0.1, 0.15) is 25.2 Å². The fourth-order valence-electron chi connectivity index (χ4n) is 7.49. The highest BCUT2D eigenvalue weighted by Crippen LogP contribution is 3.26. The number of imidazole rings is 2. The van der Waals surface area contributed by atoms with Crippen molar-refractivity contribution >= 4 is 337 Å². The number of pyridine rings is 4. The van der Waals surface area contributed by atoms with Gasteiger partial charge in [-0.2, -0.15) is 38.1 Å². The number of halogens is 6.